The number of nitrogens with zero attached hydrogens (tertiary/aromatic N) is 2. The first-order valence-electron chi connectivity index (χ1n) is 17.2. The predicted octanol–water partition coefficient (Wildman–Crippen LogP) is 10.9. The molecular formula is C43H42N2SSi. The van der Waals surface area contributed by atoms with Crippen LogP contribution in [0.25, 0.3) is 36.9 Å². The first-order chi connectivity index (χ1) is 22.7. The van der Waals surface area contributed by atoms with E-state index in [1.807, 2.05) is 11.3 Å². The van der Waals surface area contributed by atoms with Gasteiger partial charge in [0, 0.05) is 43.3 Å². The summed E-state index contributed by atoms with van der Waals surface area (Å²) in [7, 11) is -1.88. The number of fused-ring (bicyclic) bond motifs is 8. The molecule has 2 atom stereocenters. The number of hydrogen-bond acceptors (Lipinski definition) is 2. The van der Waals surface area contributed by atoms with Crippen LogP contribution < -0.4 is 15.3 Å². The number of aryl methyl sites for hydroxylation is 1. The Labute approximate surface area is 283 Å². The van der Waals surface area contributed by atoms with Gasteiger partial charge >= 0.3 is 0 Å². The molecule has 1 aliphatic carbocycles. The van der Waals surface area contributed by atoms with E-state index >= 15 is 0 Å². The summed E-state index contributed by atoms with van der Waals surface area (Å²) in [6.07, 6.45) is 5.04. The molecule has 1 saturated carbocycles. The minimum atomic E-state index is -1.88. The molecule has 2 aliphatic rings. The van der Waals surface area contributed by atoms with Gasteiger partial charge in [-0.3, -0.25) is 0 Å². The molecule has 5 aromatic carbocycles. The second-order valence-electron chi connectivity index (χ2n) is 15.0. The molecule has 0 saturated heterocycles. The molecule has 7 aromatic rings. The van der Waals surface area contributed by atoms with Gasteiger partial charge in [-0.1, -0.05) is 116 Å². The molecule has 0 N–H and O–H groups in total. The van der Waals surface area contributed by atoms with Gasteiger partial charge in [-0.25, -0.2) is 0 Å². The molecule has 234 valence electrons. The minimum absolute atomic E-state index is 0.0412. The number of para-hydroxylation sites is 1. The topological polar surface area (TPSA) is 8.17 Å². The van der Waals surface area contributed by atoms with Crippen molar-refractivity contribution in [2.75, 3.05) is 4.90 Å². The molecule has 4 heteroatoms. The minimum Gasteiger partial charge on any atom is -0.334 e. The lowest BCUT2D eigenvalue weighted by molar-refractivity contribution is 0.195. The summed E-state index contributed by atoms with van der Waals surface area (Å²) in [6.45, 7) is 12.2. The monoisotopic (exact) mass is 646 g/mol. The molecule has 2 aromatic heterocycles. The SMILES string of the molecule is Cc1ccc2sc3c(c2c1)c1cc(N2c4ccccc4C4(C)CCCCC24C)ccc1n3-c1cccc([Si](C)(C)c2ccccc2)c1. The van der Waals surface area contributed by atoms with Crippen molar-refractivity contribution in [1.29, 1.82) is 0 Å². The highest BCUT2D eigenvalue weighted by molar-refractivity contribution is 7.25. The molecule has 0 amide bonds. The highest BCUT2D eigenvalue weighted by atomic mass is 32.1. The van der Waals surface area contributed by atoms with Crippen LogP contribution in [0.4, 0.5) is 11.4 Å². The summed E-state index contributed by atoms with van der Waals surface area (Å²) in [5.41, 5.74) is 8.26. The van der Waals surface area contributed by atoms with Gasteiger partial charge in [-0.05, 0) is 80.8 Å². The Bertz CT molecular complexity index is 2350. The molecule has 2 unspecified atom stereocenters. The molecule has 1 fully saturated rings. The van der Waals surface area contributed by atoms with Gasteiger partial charge < -0.3 is 9.47 Å². The van der Waals surface area contributed by atoms with Crippen molar-refractivity contribution in [2.24, 2.45) is 0 Å². The van der Waals surface area contributed by atoms with Crippen molar-refractivity contribution in [3.05, 3.63) is 126 Å². The first-order valence-corrected chi connectivity index (χ1v) is 21.1. The van der Waals surface area contributed by atoms with Crippen molar-refractivity contribution < 1.29 is 0 Å². The standard InChI is InChI=1S/C43H42N2SSi/c1-29-20-23-39-35(26-29)40-34-28-31(45-38-19-10-9-18-36(38)42(2)24-11-12-25-43(42,45)3)21-22-37(34)44(41(40)46-39)30-14-13-17-33(27-30)47(4,5)32-15-7-6-8-16-32/h6-10,13-23,26-28H,11-12,24-25H2,1-5H3. The van der Waals surface area contributed by atoms with Crippen molar-refractivity contribution in [3.63, 3.8) is 0 Å². The van der Waals surface area contributed by atoms with Crippen LogP contribution in [0.5, 0.6) is 0 Å². The zero-order valence-corrected chi connectivity index (χ0v) is 29.9. The van der Waals surface area contributed by atoms with Gasteiger partial charge in [0.2, 0.25) is 0 Å². The number of aromatic nitrogens is 1. The predicted molar refractivity (Wildman–Crippen MR) is 207 cm³/mol. The van der Waals surface area contributed by atoms with Crippen LogP contribution in [-0.4, -0.2) is 18.2 Å². The first kappa shape index (κ1) is 29.0. The Kier molecular flexibility index (Phi) is 6.30. The third-order valence-electron chi connectivity index (χ3n) is 12.1. The van der Waals surface area contributed by atoms with Crippen molar-refractivity contribution in [1.82, 2.24) is 4.57 Å². The van der Waals surface area contributed by atoms with E-state index in [1.165, 1.54) is 95.5 Å². The highest BCUT2D eigenvalue weighted by Crippen LogP contribution is 2.61. The zero-order chi connectivity index (χ0) is 32.1. The van der Waals surface area contributed by atoms with Gasteiger partial charge in [-0.15, -0.1) is 11.3 Å². The average molecular weight is 647 g/mol. The Hall–Kier alpha value is -4.12. The molecular weight excluding hydrogens is 605 g/mol. The maximum Gasteiger partial charge on any atom is 0.112 e. The Morgan fingerprint density at radius 2 is 1.45 bits per heavy atom. The Morgan fingerprint density at radius 1 is 0.681 bits per heavy atom. The Balaban J connectivity index is 1.29. The summed E-state index contributed by atoms with van der Waals surface area (Å²) in [6, 6.07) is 44.1. The van der Waals surface area contributed by atoms with E-state index in [4.69, 9.17) is 0 Å². The quantitative estimate of drug-likeness (QED) is 0.173. The fourth-order valence-corrected chi connectivity index (χ4v) is 12.8. The molecule has 0 bridgehead atoms. The third-order valence-corrected chi connectivity index (χ3v) is 16.8. The maximum atomic E-state index is 2.72. The lowest BCUT2D eigenvalue weighted by Gasteiger charge is -2.50. The number of hydrogen-bond donors (Lipinski definition) is 0. The molecule has 0 radical (unpaired) electrons. The van der Waals surface area contributed by atoms with E-state index in [0.717, 1.165) is 0 Å². The fourth-order valence-electron chi connectivity index (χ4n) is 9.20. The van der Waals surface area contributed by atoms with Gasteiger partial charge in [0.1, 0.15) is 12.9 Å². The number of thiophene rings is 1. The summed E-state index contributed by atoms with van der Waals surface area (Å²) in [5, 5.41) is 7.04. The summed E-state index contributed by atoms with van der Waals surface area (Å²) < 4.78 is 3.91. The summed E-state index contributed by atoms with van der Waals surface area (Å²) >= 11 is 1.93. The van der Waals surface area contributed by atoms with E-state index in [1.54, 1.807) is 0 Å². The van der Waals surface area contributed by atoms with Crippen molar-refractivity contribution in [2.45, 2.75) is 70.5 Å². The Morgan fingerprint density at radius 3 is 2.30 bits per heavy atom. The van der Waals surface area contributed by atoms with Crippen LogP contribution in [0.2, 0.25) is 13.1 Å². The molecule has 3 heterocycles. The van der Waals surface area contributed by atoms with Gasteiger partial charge in [0.15, 0.2) is 0 Å². The van der Waals surface area contributed by atoms with Crippen LogP contribution in [0.15, 0.2) is 115 Å². The van der Waals surface area contributed by atoms with Gasteiger partial charge in [0.25, 0.3) is 0 Å². The highest BCUT2D eigenvalue weighted by Gasteiger charge is 2.57. The third kappa shape index (κ3) is 4.01. The van der Waals surface area contributed by atoms with E-state index in [-0.39, 0.29) is 11.0 Å². The van der Waals surface area contributed by atoms with Gasteiger partial charge in [0.05, 0.1) is 11.1 Å². The number of benzene rings is 5. The van der Waals surface area contributed by atoms with E-state index in [9.17, 15) is 0 Å². The van der Waals surface area contributed by atoms with Crippen molar-refractivity contribution >= 4 is 72.4 Å². The largest absolute Gasteiger partial charge is 0.334 e. The van der Waals surface area contributed by atoms with E-state index < -0.39 is 8.07 Å². The fraction of sp³-hybridized carbons (Fsp3) is 0.256. The molecule has 47 heavy (non-hydrogen) atoms. The second-order valence-corrected chi connectivity index (χ2v) is 20.5. The molecule has 2 nitrogen and oxygen atoms in total. The van der Waals surface area contributed by atoms with Crippen molar-refractivity contribution in [3.8, 4) is 5.69 Å². The molecule has 9 rings (SSSR count). The normalized spacial score (nSPS) is 21.1. The number of rotatable bonds is 4. The lowest BCUT2D eigenvalue weighted by atomic mass is 9.61. The molecule has 1 aliphatic heterocycles. The van der Waals surface area contributed by atoms with Gasteiger partial charge in [-0.2, -0.15) is 0 Å². The smallest absolute Gasteiger partial charge is 0.112 e. The van der Waals surface area contributed by atoms with Crippen LogP contribution in [0.3, 0.4) is 0 Å². The van der Waals surface area contributed by atoms with E-state index in [0.29, 0.717) is 0 Å². The molecule has 0 spiro atoms. The van der Waals surface area contributed by atoms with Crippen LogP contribution >= 0.6 is 11.3 Å². The van der Waals surface area contributed by atoms with Crippen LogP contribution in [0.1, 0.15) is 50.7 Å². The number of anilines is 2. The average Bonchev–Trinajstić information content (AvgIpc) is 3.67. The van der Waals surface area contributed by atoms with Crippen LogP contribution in [0, 0.1) is 6.92 Å². The second kappa shape index (κ2) is 10.2. The zero-order valence-electron chi connectivity index (χ0n) is 28.1. The van der Waals surface area contributed by atoms with Crippen LogP contribution in [-0.2, 0) is 5.41 Å². The summed E-state index contributed by atoms with van der Waals surface area (Å²) in [5.74, 6) is 0. The van der Waals surface area contributed by atoms with E-state index in [2.05, 4.69) is 159 Å². The maximum absolute atomic E-state index is 2.72. The lowest BCUT2D eigenvalue weighted by Crippen LogP contribution is -2.54. The summed E-state index contributed by atoms with van der Waals surface area (Å²) in [4.78, 5) is 4.06.